The number of benzene rings is 1. The van der Waals surface area contributed by atoms with E-state index in [2.05, 4.69) is 5.10 Å². The minimum atomic E-state index is -0.895. The van der Waals surface area contributed by atoms with E-state index in [0.29, 0.717) is 18.0 Å². The number of hydrogen-bond acceptors (Lipinski definition) is 3. The Labute approximate surface area is 139 Å². The first-order valence-corrected chi connectivity index (χ1v) is 8.29. The number of para-hydroxylation sites is 1. The van der Waals surface area contributed by atoms with E-state index in [4.69, 9.17) is 0 Å². The fourth-order valence-electron chi connectivity index (χ4n) is 4.15. The Balaban J connectivity index is 1.60. The van der Waals surface area contributed by atoms with Crippen molar-refractivity contribution >= 4 is 11.9 Å². The predicted molar refractivity (Wildman–Crippen MR) is 86.9 cm³/mol. The molecule has 124 valence electrons. The van der Waals surface area contributed by atoms with Gasteiger partial charge in [0.25, 0.3) is 5.91 Å². The zero-order valence-electron chi connectivity index (χ0n) is 13.2. The van der Waals surface area contributed by atoms with Gasteiger partial charge in [0.05, 0.1) is 17.4 Å². The quantitative estimate of drug-likeness (QED) is 0.938. The highest BCUT2D eigenvalue weighted by molar-refractivity contribution is 5.96. The Bertz CT molecular complexity index is 771. The molecule has 24 heavy (non-hydrogen) atoms. The van der Waals surface area contributed by atoms with Gasteiger partial charge in [0.1, 0.15) is 6.04 Å². The van der Waals surface area contributed by atoms with Crippen molar-refractivity contribution in [2.45, 2.75) is 25.3 Å². The summed E-state index contributed by atoms with van der Waals surface area (Å²) in [6.07, 6.45) is 6.16. The first kappa shape index (κ1) is 14.9. The van der Waals surface area contributed by atoms with E-state index in [1.807, 2.05) is 30.3 Å². The third-order valence-electron chi connectivity index (χ3n) is 5.25. The van der Waals surface area contributed by atoms with E-state index < -0.39 is 12.0 Å². The van der Waals surface area contributed by atoms with Gasteiger partial charge in [-0.15, -0.1) is 0 Å². The van der Waals surface area contributed by atoms with Gasteiger partial charge in [0, 0.05) is 12.7 Å². The summed E-state index contributed by atoms with van der Waals surface area (Å²) in [7, 11) is 0. The summed E-state index contributed by atoms with van der Waals surface area (Å²) in [5.41, 5.74) is 1.30. The van der Waals surface area contributed by atoms with Crippen molar-refractivity contribution in [1.29, 1.82) is 0 Å². The Morgan fingerprint density at radius 3 is 2.71 bits per heavy atom. The fourth-order valence-corrected chi connectivity index (χ4v) is 4.15. The van der Waals surface area contributed by atoms with Crippen molar-refractivity contribution in [2.75, 3.05) is 6.54 Å². The van der Waals surface area contributed by atoms with Gasteiger partial charge in [-0.25, -0.2) is 9.48 Å². The van der Waals surface area contributed by atoms with Crippen LogP contribution in [0.2, 0.25) is 0 Å². The molecule has 1 amide bonds. The van der Waals surface area contributed by atoms with E-state index in [9.17, 15) is 14.7 Å². The normalized spacial score (nSPS) is 25.7. The van der Waals surface area contributed by atoms with Crippen LogP contribution in [0.3, 0.4) is 0 Å². The Morgan fingerprint density at radius 1 is 1.17 bits per heavy atom. The molecule has 1 aromatic heterocycles. The number of nitrogens with zero attached hydrogens (tertiary/aromatic N) is 3. The zero-order valence-corrected chi connectivity index (χ0v) is 13.2. The number of carbonyl (C=O) groups excluding carboxylic acids is 1. The average Bonchev–Trinajstić information content (AvgIpc) is 3.29. The molecule has 2 aromatic rings. The van der Waals surface area contributed by atoms with E-state index >= 15 is 0 Å². The van der Waals surface area contributed by atoms with E-state index in [1.54, 1.807) is 10.9 Å². The molecule has 1 aliphatic carbocycles. The lowest BCUT2D eigenvalue weighted by Crippen LogP contribution is -2.43. The van der Waals surface area contributed by atoms with Crippen LogP contribution in [0.25, 0.3) is 5.69 Å². The molecular weight excluding hydrogens is 306 g/mol. The standard InChI is InChI=1S/C18H19N3O3/c22-17(13-9-19-21(11-13)14-6-2-1-3-7-14)20-10-12-5-4-8-15(12)16(20)18(23)24/h1-3,6-7,9,11-12,15-16H,4-5,8,10H2,(H,23,24). The summed E-state index contributed by atoms with van der Waals surface area (Å²) >= 11 is 0. The number of carboxylic acids is 1. The lowest BCUT2D eigenvalue weighted by Gasteiger charge is -2.23. The molecule has 4 rings (SSSR count). The molecule has 2 fully saturated rings. The third-order valence-corrected chi connectivity index (χ3v) is 5.25. The van der Waals surface area contributed by atoms with Gasteiger partial charge in [-0.3, -0.25) is 4.79 Å². The molecule has 3 atom stereocenters. The molecule has 3 unspecified atom stereocenters. The lowest BCUT2D eigenvalue weighted by molar-refractivity contribution is -0.142. The topological polar surface area (TPSA) is 75.4 Å². The molecule has 1 saturated carbocycles. The van der Waals surface area contributed by atoms with Gasteiger partial charge < -0.3 is 10.0 Å². The Hall–Kier alpha value is -2.63. The zero-order chi connectivity index (χ0) is 16.7. The maximum absolute atomic E-state index is 12.8. The van der Waals surface area contributed by atoms with E-state index in [-0.39, 0.29) is 11.8 Å². The number of aromatic nitrogens is 2. The molecule has 1 saturated heterocycles. The first-order chi connectivity index (χ1) is 11.6. The number of amides is 1. The number of likely N-dealkylation sites (tertiary alicyclic amines) is 1. The highest BCUT2D eigenvalue weighted by Gasteiger charge is 2.49. The number of rotatable bonds is 3. The minimum Gasteiger partial charge on any atom is -0.480 e. The second kappa shape index (κ2) is 5.78. The molecule has 0 radical (unpaired) electrons. The van der Waals surface area contributed by atoms with Gasteiger partial charge in [-0.1, -0.05) is 24.6 Å². The summed E-state index contributed by atoms with van der Waals surface area (Å²) in [5.74, 6) is -0.720. The summed E-state index contributed by atoms with van der Waals surface area (Å²) in [6, 6.07) is 8.83. The van der Waals surface area contributed by atoms with Crippen LogP contribution in [-0.2, 0) is 4.79 Å². The number of carboxylic acid groups (broad SMARTS) is 1. The highest BCUT2D eigenvalue weighted by Crippen LogP contribution is 2.42. The third kappa shape index (κ3) is 2.38. The van der Waals surface area contributed by atoms with Crippen LogP contribution < -0.4 is 0 Å². The largest absolute Gasteiger partial charge is 0.480 e. The van der Waals surface area contributed by atoms with Crippen LogP contribution in [0, 0.1) is 11.8 Å². The van der Waals surface area contributed by atoms with Crippen molar-refractivity contribution < 1.29 is 14.7 Å². The molecule has 6 nitrogen and oxygen atoms in total. The van der Waals surface area contributed by atoms with Crippen molar-refractivity contribution in [3.63, 3.8) is 0 Å². The van der Waals surface area contributed by atoms with E-state index in [0.717, 1.165) is 24.9 Å². The maximum atomic E-state index is 12.8. The maximum Gasteiger partial charge on any atom is 0.326 e. The van der Waals surface area contributed by atoms with Crippen molar-refractivity contribution in [3.8, 4) is 5.69 Å². The van der Waals surface area contributed by atoms with Crippen LogP contribution >= 0.6 is 0 Å². The monoisotopic (exact) mass is 325 g/mol. The summed E-state index contributed by atoms with van der Waals surface area (Å²) in [6.45, 7) is 0.539. The van der Waals surface area contributed by atoms with Gasteiger partial charge >= 0.3 is 5.97 Å². The molecule has 1 aliphatic heterocycles. The first-order valence-electron chi connectivity index (χ1n) is 8.29. The predicted octanol–water partition coefficient (Wildman–Crippen LogP) is 2.20. The van der Waals surface area contributed by atoms with Crippen LogP contribution in [-0.4, -0.2) is 44.3 Å². The van der Waals surface area contributed by atoms with Crippen LogP contribution in [0.5, 0.6) is 0 Å². The Morgan fingerprint density at radius 2 is 1.96 bits per heavy atom. The molecule has 2 heterocycles. The van der Waals surface area contributed by atoms with Crippen LogP contribution in [0.1, 0.15) is 29.6 Å². The lowest BCUT2D eigenvalue weighted by atomic mass is 9.94. The molecule has 0 spiro atoms. The number of aliphatic carboxylic acids is 1. The molecule has 6 heteroatoms. The second-order valence-electron chi connectivity index (χ2n) is 6.60. The van der Waals surface area contributed by atoms with Gasteiger partial charge in [-0.2, -0.15) is 5.10 Å². The second-order valence-corrected chi connectivity index (χ2v) is 6.60. The SMILES string of the molecule is O=C(O)C1C2CCCC2CN1C(=O)c1cnn(-c2ccccc2)c1. The Kier molecular flexibility index (Phi) is 3.59. The van der Waals surface area contributed by atoms with Gasteiger partial charge in [0.15, 0.2) is 0 Å². The minimum absolute atomic E-state index is 0.0932. The summed E-state index contributed by atoms with van der Waals surface area (Å²) < 4.78 is 1.64. The van der Waals surface area contributed by atoms with Crippen molar-refractivity contribution in [2.24, 2.45) is 11.8 Å². The summed E-state index contributed by atoms with van der Waals surface area (Å²) in [4.78, 5) is 26.1. The van der Waals surface area contributed by atoms with Crippen LogP contribution in [0.4, 0.5) is 0 Å². The van der Waals surface area contributed by atoms with Crippen LogP contribution in [0.15, 0.2) is 42.7 Å². The van der Waals surface area contributed by atoms with Crippen molar-refractivity contribution in [1.82, 2.24) is 14.7 Å². The summed E-state index contributed by atoms with van der Waals surface area (Å²) in [5, 5.41) is 13.8. The van der Waals surface area contributed by atoms with Gasteiger partial charge in [-0.05, 0) is 36.8 Å². The fraction of sp³-hybridized carbons (Fsp3) is 0.389. The van der Waals surface area contributed by atoms with Gasteiger partial charge in [0.2, 0.25) is 0 Å². The molecule has 0 bridgehead atoms. The number of fused-ring (bicyclic) bond motifs is 1. The molecule has 1 aromatic carbocycles. The molecular formula is C18H19N3O3. The number of carbonyl (C=O) groups is 2. The smallest absolute Gasteiger partial charge is 0.326 e. The molecule has 1 N–H and O–H groups in total. The van der Waals surface area contributed by atoms with Crippen molar-refractivity contribution in [3.05, 3.63) is 48.3 Å². The average molecular weight is 325 g/mol. The van der Waals surface area contributed by atoms with E-state index in [1.165, 1.54) is 11.1 Å². The molecule has 2 aliphatic rings. The highest BCUT2D eigenvalue weighted by atomic mass is 16.4. The number of hydrogen-bond donors (Lipinski definition) is 1.